The van der Waals surface area contributed by atoms with Gasteiger partial charge in [-0.15, -0.1) is 5.10 Å². The Hall–Kier alpha value is -2.82. The van der Waals surface area contributed by atoms with Gasteiger partial charge in [-0.2, -0.15) is 0 Å². The van der Waals surface area contributed by atoms with Crippen molar-refractivity contribution in [3.63, 3.8) is 0 Å². The van der Waals surface area contributed by atoms with Gasteiger partial charge in [0.25, 0.3) is 11.1 Å². The fourth-order valence-corrected chi connectivity index (χ4v) is 4.45. The fraction of sp³-hybridized carbons (Fsp3) is 0.409. The highest BCUT2D eigenvalue weighted by atomic mass is 35.5. The molecule has 3 aromatic rings. The molecule has 1 N–H and O–H groups in total. The molecule has 1 fully saturated rings. The van der Waals surface area contributed by atoms with Crippen LogP contribution in [0.1, 0.15) is 35.3 Å². The van der Waals surface area contributed by atoms with Crippen LogP contribution in [-0.4, -0.2) is 53.0 Å². The molecule has 1 aliphatic rings. The minimum atomic E-state index is -0.378. The minimum Gasteiger partial charge on any atom is -0.494 e. The topological polar surface area (TPSA) is 108 Å². The van der Waals surface area contributed by atoms with Crippen LogP contribution in [0.3, 0.4) is 0 Å². The number of hydrogen-bond acceptors (Lipinski definition) is 9. The average Bonchev–Trinajstić information content (AvgIpc) is 3.23. The molecule has 9 nitrogen and oxygen atoms in total. The van der Waals surface area contributed by atoms with Gasteiger partial charge in [-0.1, -0.05) is 16.7 Å². The van der Waals surface area contributed by atoms with Gasteiger partial charge in [0.1, 0.15) is 17.0 Å². The number of aromatic nitrogens is 4. The SMILES string of the molecule is COCC[C@@H]1CC[C@H]1Oc1nnc(NC(=O)c2cnc(C)cc2-c2cc(Cl)ncc2OC)s1. The van der Waals surface area contributed by atoms with E-state index in [1.807, 2.05) is 6.92 Å². The molecule has 33 heavy (non-hydrogen) atoms. The molecular formula is C22H24ClN5O4S. The molecular weight excluding hydrogens is 466 g/mol. The average molecular weight is 490 g/mol. The van der Waals surface area contributed by atoms with E-state index in [4.69, 9.17) is 25.8 Å². The molecule has 0 aliphatic heterocycles. The molecule has 0 unspecified atom stereocenters. The Balaban J connectivity index is 1.51. The number of anilines is 1. The highest BCUT2D eigenvalue weighted by molar-refractivity contribution is 7.17. The summed E-state index contributed by atoms with van der Waals surface area (Å²) < 4.78 is 16.5. The molecule has 3 heterocycles. The van der Waals surface area contributed by atoms with Crippen LogP contribution in [0.5, 0.6) is 10.9 Å². The van der Waals surface area contributed by atoms with Gasteiger partial charge >= 0.3 is 0 Å². The number of ether oxygens (including phenoxy) is 3. The van der Waals surface area contributed by atoms with Crippen LogP contribution in [0.2, 0.25) is 5.15 Å². The van der Waals surface area contributed by atoms with Gasteiger partial charge in [0, 0.05) is 36.7 Å². The van der Waals surface area contributed by atoms with Crippen molar-refractivity contribution in [2.75, 3.05) is 26.1 Å². The van der Waals surface area contributed by atoms with Crippen LogP contribution >= 0.6 is 22.9 Å². The summed E-state index contributed by atoms with van der Waals surface area (Å²) in [6, 6.07) is 3.45. The Morgan fingerprint density at radius 1 is 1.18 bits per heavy atom. The number of hydrogen-bond donors (Lipinski definition) is 1. The molecule has 0 bridgehead atoms. The summed E-state index contributed by atoms with van der Waals surface area (Å²) in [5, 5.41) is 12.0. The number of methoxy groups -OCH3 is 2. The van der Waals surface area contributed by atoms with E-state index in [0.717, 1.165) is 25.0 Å². The number of amides is 1. The number of nitrogens with zero attached hydrogens (tertiary/aromatic N) is 4. The summed E-state index contributed by atoms with van der Waals surface area (Å²) in [6.07, 6.45) is 6.18. The van der Waals surface area contributed by atoms with Gasteiger partial charge in [0.2, 0.25) is 5.13 Å². The van der Waals surface area contributed by atoms with E-state index in [1.165, 1.54) is 30.8 Å². The van der Waals surface area contributed by atoms with Gasteiger partial charge in [0.05, 0.1) is 18.9 Å². The Labute approximate surface area is 200 Å². The number of rotatable bonds is 9. The molecule has 1 amide bonds. The summed E-state index contributed by atoms with van der Waals surface area (Å²) in [5.74, 6) is 0.571. The number of carbonyl (C=O) groups excluding carboxylic acids is 1. The summed E-state index contributed by atoms with van der Waals surface area (Å²) >= 11 is 7.29. The van der Waals surface area contributed by atoms with E-state index in [0.29, 0.717) is 45.3 Å². The van der Waals surface area contributed by atoms with Crippen molar-refractivity contribution in [2.45, 2.75) is 32.3 Å². The van der Waals surface area contributed by atoms with Crippen LogP contribution < -0.4 is 14.8 Å². The predicted molar refractivity (Wildman–Crippen MR) is 125 cm³/mol. The summed E-state index contributed by atoms with van der Waals surface area (Å²) in [5.41, 5.74) is 2.35. The first-order chi connectivity index (χ1) is 16.0. The molecule has 11 heteroatoms. The second-order valence-corrected chi connectivity index (χ2v) is 9.01. The zero-order valence-corrected chi connectivity index (χ0v) is 20.1. The molecule has 2 atom stereocenters. The van der Waals surface area contributed by atoms with Gasteiger partial charge in [-0.3, -0.25) is 15.1 Å². The lowest BCUT2D eigenvalue weighted by Gasteiger charge is -2.35. The van der Waals surface area contributed by atoms with E-state index in [2.05, 4.69) is 25.5 Å². The van der Waals surface area contributed by atoms with Gasteiger partial charge in [-0.25, -0.2) is 4.98 Å². The van der Waals surface area contributed by atoms with Crippen LogP contribution in [0.4, 0.5) is 5.13 Å². The third-order valence-electron chi connectivity index (χ3n) is 5.55. The van der Waals surface area contributed by atoms with E-state index in [-0.39, 0.29) is 17.2 Å². The highest BCUT2D eigenvalue weighted by Gasteiger charge is 2.33. The maximum absolute atomic E-state index is 13.1. The van der Waals surface area contributed by atoms with Crippen molar-refractivity contribution in [3.8, 4) is 22.1 Å². The molecule has 174 valence electrons. The van der Waals surface area contributed by atoms with Crippen molar-refractivity contribution in [1.82, 2.24) is 20.2 Å². The third-order valence-corrected chi connectivity index (χ3v) is 6.49. The molecule has 0 radical (unpaired) electrons. The zero-order valence-electron chi connectivity index (χ0n) is 18.5. The molecule has 4 rings (SSSR count). The van der Waals surface area contributed by atoms with Crippen LogP contribution in [0.15, 0.2) is 24.5 Å². The Bertz CT molecular complexity index is 1140. The molecule has 0 aromatic carbocycles. The largest absolute Gasteiger partial charge is 0.494 e. The van der Waals surface area contributed by atoms with E-state index < -0.39 is 0 Å². The first kappa shape index (κ1) is 23.3. The fourth-order valence-electron chi connectivity index (χ4n) is 3.65. The molecule has 1 aliphatic carbocycles. The Morgan fingerprint density at radius 2 is 2.03 bits per heavy atom. The van der Waals surface area contributed by atoms with Gasteiger partial charge in [-0.05, 0) is 55.6 Å². The Kier molecular flexibility index (Phi) is 7.36. The van der Waals surface area contributed by atoms with Crippen LogP contribution in [-0.2, 0) is 4.74 Å². The van der Waals surface area contributed by atoms with E-state index >= 15 is 0 Å². The van der Waals surface area contributed by atoms with Gasteiger partial charge in [0.15, 0.2) is 0 Å². The number of aryl methyl sites for hydroxylation is 1. The molecule has 1 saturated carbocycles. The monoisotopic (exact) mass is 489 g/mol. The third kappa shape index (κ3) is 5.40. The van der Waals surface area contributed by atoms with Crippen molar-refractivity contribution < 1.29 is 19.0 Å². The first-order valence-electron chi connectivity index (χ1n) is 10.5. The number of nitrogens with one attached hydrogen (secondary N) is 1. The molecule has 3 aromatic heterocycles. The standard InChI is InChI=1S/C22H24ClN5O4S/c1-12-8-14(15-9-19(23)25-11-18(15)31-3)16(10-24-12)20(29)26-21-27-28-22(33-21)32-17-5-4-13(17)6-7-30-2/h8-11,13,17H,4-7H2,1-3H3,(H,26,27,29)/t13-,17+/m0/s1. The zero-order chi connectivity index (χ0) is 23.4. The lowest BCUT2D eigenvalue weighted by atomic mass is 9.80. The lowest BCUT2D eigenvalue weighted by molar-refractivity contribution is 0.0251. The van der Waals surface area contributed by atoms with E-state index in [9.17, 15) is 4.79 Å². The van der Waals surface area contributed by atoms with E-state index in [1.54, 1.807) is 19.2 Å². The minimum absolute atomic E-state index is 0.105. The van der Waals surface area contributed by atoms with Crippen molar-refractivity contribution in [3.05, 3.63) is 40.9 Å². The predicted octanol–water partition coefficient (Wildman–Crippen LogP) is 4.41. The molecule has 0 spiro atoms. The number of pyridine rings is 2. The second kappa shape index (κ2) is 10.4. The van der Waals surface area contributed by atoms with Crippen molar-refractivity contribution in [2.24, 2.45) is 5.92 Å². The first-order valence-corrected chi connectivity index (χ1v) is 11.6. The maximum Gasteiger partial charge on any atom is 0.296 e. The van der Waals surface area contributed by atoms with Crippen LogP contribution in [0, 0.1) is 12.8 Å². The summed E-state index contributed by atoms with van der Waals surface area (Å²) in [4.78, 5) is 21.4. The summed E-state index contributed by atoms with van der Waals surface area (Å²) in [6.45, 7) is 2.55. The van der Waals surface area contributed by atoms with Crippen LogP contribution in [0.25, 0.3) is 11.1 Å². The maximum atomic E-state index is 13.1. The Morgan fingerprint density at radius 3 is 2.76 bits per heavy atom. The van der Waals surface area contributed by atoms with Crippen molar-refractivity contribution in [1.29, 1.82) is 0 Å². The summed E-state index contributed by atoms with van der Waals surface area (Å²) in [7, 11) is 3.23. The van der Waals surface area contributed by atoms with Gasteiger partial charge < -0.3 is 14.2 Å². The number of halogens is 1. The smallest absolute Gasteiger partial charge is 0.296 e. The molecule has 0 saturated heterocycles. The highest BCUT2D eigenvalue weighted by Crippen LogP contribution is 2.37. The quantitative estimate of drug-likeness (QED) is 0.440. The number of carbonyl (C=O) groups is 1. The van der Waals surface area contributed by atoms with Crippen molar-refractivity contribution >= 4 is 34.0 Å². The normalized spacial score (nSPS) is 17.3. The second-order valence-electron chi connectivity index (χ2n) is 7.68. The lowest BCUT2D eigenvalue weighted by Crippen LogP contribution is -2.37.